The number of carboxylic acid groups (broad SMARTS) is 1. The van der Waals surface area contributed by atoms with Gasteiger partial charge >= 0.3 is 5.97 Å². The molecular weight excluding hydrogens is 1150 g/mol. The van der Waals surface area contributed by atoms with Crippen molar-refractivity contribution in [2.24, 2.45) is 0 Å². The number of aromatic carboxylic acids is 1. The van der Waals surface area contributed by atoms with Crippen molar-refractivity contribution in [3.8, 4) is 45.5 Å². The van der Waals surface area contributed by atoms with Gasteiger partial charge in [-0.1, -0.05) is 55.7 Å². The number of hydrogen-bond donors (Lipinski definition) is 8. The number of aryl methyl sites for hydroxylation is 1. The molecule has 9 aromatic rings. The third-order valence-electron chi connectivity index (χ3n) is 16.5. The van der Waals surface area contributed by atoms with Gasteiger partial charge in [-0.25, -0.2) is 43.1 Å². The average molecular weight is 1210 g/mol. The summed E-state index contributed by atoms with van der Waals surface area (Å²) in [6.07, 6.45) is 21.7. The molecule has 5 heterocycles. The van der Waals surface area contributed by atoms with Crippen LogP contribution in [-0.4, -0.2) is 88.4 Å². The number of nitrogens with one attached hydrogen (secondary N) is 3. The molecule has 0 aliphatic heterocycles. The number of aromatic nitrogens is 8. The molecule has 450 valence electrons. The Balaban J connectivity index is 0.000000147. The van der Waals surface area contributed by atoms with Crippen molar-refractivity contribution in [3.63, 3.8) is 0 Å². The van der Waals surface area contributed by atoms with E-state index < -0.39 is 32.1 Å². The fourth-order valence-electron chi connectivity index (χ4n) is 10.8. The molecule has 0 bridgehead atoms. The predicted octanol–water partition coefficient (Wildman–Crippen LogP) is 9.14. The Bertz CT molecular complexity index is 4240. The van der Waals surface area contributed by atoms with E-state index in [-0.39, 0.29) is 51.8 Å². The quantitative estimate of drug-likeness (QED) is 0.0470. The van der Waals surface area contributed by atoms with Gasteiger partial charge in [0, 0.05) is 89.6 Å². The largest absolute Gasteiger partial charge is 0.507 e. The van der Waals surface area contributed by atoms with Crippen LogP contribution in [0.4, 0.5) is 34.9 Å². The molecule has 4 aromatic carbocycles. The summed E-state index contributed by atoms with van der Waals surface area (Å²) in [6.45, 7) is 1.59. The van der Waals surface area contributed by atoms with Crippen LogP contribution in [-0.2, 0) is 40.5 Å². The van der Waals surface area contributed by atoms with Crippen LogP contribution in [0.2, 0.25) is 0 Å². The number of aromatic hydroxyl groups is 1. The van der Waals surface area contributed by atoms with Crippen LogP contribution in [0, 0.1) is 18.3 Å². The summed E-state index contributed by atoms with van der Waals surface area (Å²) in [5.41, 5.74) is 24.3. The van der Waals surface area contributed by atoms with Crippen molar-refractivity contribution in [1.82, 2.24) is 39.9 Å². The Morgan fingerprint density at radius 2 is 0.876 bits per heavy atom. The molecule has 0 radical (unpaired) electrons. The molecule has 0 unspecified atom stereocenters. The van der Waals surface area contributed by atoms with Crippen LogP contribution in [0.15, 0.2) is 164 Å². The number of pyridine rings is 2. The lowest BCUT2D eigenvalue weighted by Gasteiger charge is -2.40. The fourth-order valence-corrected chi connectivity index (χ4v) is 11.4. The standard InChI is InChI=1S/C23H22N4O4.C21H18N6O.C21H21N5O3S/c1-13-9-17(10-18(19(13)28)20(29)30)27-21(31)23(7-2-8-23)16-5-3-14(4-6-16)15-11-25-22(24)26-12-15;22-10-14-2-5-17(6-3-14)27-19(28)21(8-1-9-21)16-4-7-18(24-13-16)15-11-25-20(23)26-12-15;1-30(28,29)17-6-4-16(5-7-17)26-19(27)21(9-2-10-21)15-3-8-18(23-13-15)14-11-24-20(22)25-12-14/h3-6,9-12,28H,2,7-8H2,1H3,(H,27,31)(H,29,30)(H2,24,25,26);2-7,11-13H,1,8-9H2,(H,27,28)(H2,23,25,26);3-8,11-13H,2,9-10H2,1H3,(H,26,27)(H2,22,24,25). The topological polar surface area (TPSA) is 384 Å². The van der Waals surface area contributed by atoms with E-state index in [4.69, 9.17) is 22.5 Å². The fraction of sp³-hybridized carbons (Fsp3) is 0.215. The zero-order valence-electron chi connectivity index (χ0n) is 48.4. The van der Waals surface area contributed by atoms with Crippen LogP contribution >= 0.6 is 0 Å². The number of benzene rings is 4. The monoisotopic (exact) mass is 1210 g/mol. The molecule has 3 aliphatic rings. The number of rotatable bonds is 14. The van der Waals surface area contributed by atoms with E-state index in [2.05, 4.69) is 61.9 Å². The minimum absolute atomic E-state index is 0.0474. The summed E-state index contributed by atoms with van der Waals surface area (Å²) in [6, 6.07) is 33.2. The van der Waals surface area contributed by atoms with Crippen molar-refractivity contribution in [2.75, 3.05) is 39.4 Å². The molecule has 0 atom stereocenters. The van der Waals surface area contributed by atoms with Crippen molar-refractivity contribution in [3.05, 3.63) is 192 Å². The molecule has 11 N–H and O–H groups in total. The number of anilines is 6. The second-order valence-corrected chi connectivity index (χ2v) is 24.1. The van der Waals surface area contributed by atoms with Gasteiger partial charge < -0.3 is 43.4 Å². The maximum atomic E-state index is 13.2. The number of carbonyl (C=O) groups excluding carboxylic acids is 3. The maximum absolute atomic E-state index is 13.2. The van der Waals surface area contributed by atoms with Gasteiger partial charge in [-0.05, 0) is 146 Å². The zero-order valence-corrected chi connectivity index (χ0v) is 49.2. The number of carbonyl (C=O) groups is 4. The highest BCUT2D eigenvalue weighted by Gasteiger charge is 2.48. The smallest absolute Gasteiger partial charge is 0.339 e. The molecule has 0 spiro atoms. The van der Waals surface area contributed by atoms with Crippen LogP contribution in [0.1, 0.15) is 96.0 Å². The Hall–Kier alpha value is -11.1. The van der Waals surface area contributed by atoms with Crippen molar-refractivity contribution in [1.29, 1.82) is 5.26 Å². The summed E-state index contributed by atoms with van der Waals surface area (Å²) < 4.78 is 23.2. The van der Waals surface area contributed by atoms with E-state index in [1.807, 2.05) is 48.5 Å². The zero-order chi connectivity index (χ0) is 63.1. The number of nitrogen functional groups attached to an aromatic ring is 3. The Morgan fingerprint density at radius 3 is 1.24 bits per heavy atom. The second-order valence-electron chi connectivity index (χ2n) is 22.1. The van der Waals surface area contributed by atoms with E-state index in [1.54, 1.807) is 99.0 Å². The highest BCUT2D eigenvalue weighted by Crippen LogP contribution is 2.47. The summed E-state index contributed by atoms with van der Waals surface area (Å²) in [5, 5.41) is 36.9. The van der Waals surface area contributed by atoms with Crippen molar-refractivity contribution in [2.45, 2.75) is 85.9 Å². The predicted molar refractivity (Wildman–Crippen MR) is 334 cm³/mol. The third kappa shape index (κ3) is 13.2. The summed E-state index contributed by atoms with van der Waals surface area (Å²) in [7, 11) is -3.28. The molecule has 3 aliphatic carbocycles. The summed E-state index contributed by atoms with van der Waals surface area (Å²) in [4.78, 5) is 83.9. The second kappa shape index (κ2) is 25.5. The lowest BCUT2D eigenvalue weighted by molar-refractivity contribution is -0.125. The van der Waals surface area contributed by atoms with Gasteiger partial charge in [-0.15, -0.1) is 0 Å². The van der Waals surface area contributed by atoms with E-state index in [0.29, 0.717) is 46.7 Å². The van der Waals surface area contributed by atoms with Crippen LogP contribution in [0.3, 0.4) is 0 Å². The first-order valence-corrected chi connectivity index (χ1v) is 30.2. The number of nitrogens with two attached hydrogens (primary N) is 3. The Morgan fingerprint density at radius 1 is 0.494 bits per heavy atom. The third-order valence-corrected chi connectivity index (χ3v) is 17.7. The molecule has 3 fully saturated rings. The van der Waals surface area contributed by atoms with E-state index in [9.17, 15) is 37.8 Å². The minimum atomic E-state index is -3.28. The average Bonchev–Trinajstić information content (AvgIpc) is 0.903. The summed E-state index contributed by atoms with van der Waals surface area (Å²) in [5.74, 6) is -1.29. The SMILES string of the molecule is CS(=O)(=O)c1ccc(NC(=O)C2(c3ccc(-c4cnc(N)nc4)nc3)CCC2)cc1.Cc1cc(NC(=O)C2(c3ccc(-c4cnc(N)nc4)cc3)CCC2)cc(C(=O)O)c1O.N#Cc1ccc(NC(=O)C2(c3ccc(-c4cnc(N)nc4)nc3)CCC2)cc1. The van der Waals surface area contributed by atoms with Gasteiger partial charge in [-0.2, -0.15) is 5.26 Å². The number of sulfone groups is 1. The van der Waals surface area contributed by atoms with Crippen LogP contribution < -0.4 is 33.2 Å². The molecule has 0 saturated heterocycles. The minimum Gasteiger partial charge on any atom is -0.507 e. The van der Waals surface area contributed by atoms with Crippen molar-refractivity contribution >= 4 is 68.4 Å². The molecule has 89 heavy (non-hydrogen) atoms. The molecule has 24 heteroatoms. The highest BCUT2D eigenvalue weighted by atomic mass is 32.2. The van der Waals surface area contributed by atoms with E-state index >= 15 is 0 Å². The van der Waals surface area contributed by atoms with Gasteiger partial charge in [0.2, 0.25) is 35.6 Å². The first-order valence-electron chi connectivity index (χ1n) is 28.3. The molecule has 3 amide bonds. The van der Waals surface area contributed by atoms with Gasteiger partial charge in [0.1, 0.15) is 11.3 Å². The van der Waals surface area contributed by atoms with Crippen LogP contribution in [0.25, 0.3) is 33.6 Å². The summed E-state index contributed by atoms with van der Waals surface area (Å²) >= 11 is 0. The first kappa shape index (κ1) is 61.0. The number of amides is 3. The molecule has 23 nitrogen and oxygen atoms in total. The number of nitriles is 1. The van der Waals surface area contributed by atoms with E-state index in [0.717, 1.165) is 95.8 Å². The van der Waals surface area contributed by atoms with Crippen molar-refractivity contribution < 1.29 is 37.8 Å². The van der Waals surface area contributed by atoms with E-state index in [1.165, 1.54) is 18.2 Å². The Labute approximate surface area is 511 Å². The lowest BCUT2D eigenvalue weighted by atomic mass is 9.63. The molecule has 12 rings (SSSR count). The lowest BCUT2D eigenvalue weighted by Crippen LogP contribution is -2.46. The molecule has 3 saturated carbocycles. The maximum Gasteiger partial charge on any atom is 0.339 e. The molecular formula is C65H61N15O8S. The highest BCUT2D eigenvalue weighted by molar-refractivity contribution is 7.90. The van der Waals surface area contributed by atoms with Crippen LogP contribution in [0.5, 0.6) is 5.75 Å². The Kier molecular flexibility index (Phi) is 17.5. The van der Waals surface area contributed by atoms with Gasteiger partial charge in [0.15, 0.2) is 9.84 Å². The number of carboxylic acids is 1. The normalized spacial score (nSPS) is 14.8. The molecule has 5 aromatic heterocycles. The number of nitrogens with zero attached hydrogens (tertiary/aromatic N) is 9. The first-order chi connectivity index (χ1) is 42.7. The number of hydrogen-bond acceptors (Lipinski definition) is 19. The number of phenols is 1. The van der Waals surface area contributed by atoms with Gasteiger partial charge in [0.05, 0.1) is 44.2 Å². The van der Waals surface area contributed by atoms with Gasteiger partial charge in [0.25, 0.3) is 0 Å². The van der Waals surface area contributed by atoms with Gasteiger partial charge in [-0.3, -0.25) is 24.4 Å².